The molecule has 2 N–H and O–H groups in total. The molecule has 8 heteroatoms. The summed E-state index contributed by atoms with van der Waals surface area (Å²) in [6, 6.07) is 5.28. The number of aromatic amines is 1. The van der Waals surface area contributed by atoms with Gasteiger partial charge >= 0.3 is 0 Å². The molecular weight excluding hydrogens is 354 g/mol. The van der Waals surface area contributed by atoms with Gasteiger partial charge in [-0.1, -0.05) is 17.7 Å². The maximum Gasteiger partial charge on any atom is 0.257 e. The number of nitrogens with one attached hydrogen (secondary N) is 2. The molecule has 0 spiro atoms. The second kappa shape index (κ2) is 7.54. The molecule has 0 saturated heterocycles. The van der Waals surface area contributed by atoms with Crippen LogP contribution in [0.2, 0.25) is 0 Å². The average Bonchev–Trinajstić information content (AvgIpc) is 2.64. The minimum atomic E-state index is -0.494. The Morgan fingerprint density at radius 3 is 2.85 bits per heavy atom. The van der Waals surface area contributed by atoms with Crippen molar-refractivity contribution in [2.24, 2.45) is 0 Å². The second-order valence-electron chi connectivity index (χ2n) is 5.54. The molecule has 1 aromatic carbocycles. The van der Waals surface area contributed by atoms with Gasteiger partial charge in [-0.05, 0) is 18.2 Å². The van der Waals surface area contributed by atoms with E-state index in [0.717, 1.165) is 0 Å². The number of terminal acetylenes is 1. The third-order valence-electron chi connectivity index (χ3n) is 4.03. The molecule has 0 fully saturated rings. The first kappa shape index (κ1) is 17.9. The maximum absolute atomic E-state index is 12.7. The Labute approximate surface area is 154 Å². The van der Waals surface area contributed by atoms with Crippen molar-refractivity contribution in [3.05, 3.63) is 39.7 Å². The second-order valence-corrected chi connectivity index (χ2v) is 6.50. The molecule has 0 radical (unpaired) electrons. The van der Waals surface area contributed by atoms with Crippen LogP contribution in [0.25, 0.3) is 0 Å². The van der Waals surface area contributed by atoms with Crippen LogP contribution in [-0.2, 0) is 4.79 Å². The normalized spacial score (nSPS) is 15.6. The summed E-state index contributed by atoms with van der Waals surface area (Å²) in [6.45, 7) is 0. The molecule has 1 amide bonds. The summed E-state index contributed by atoms with van der Waals surface area (Å²) in [5.41, 5.74) is 0.768. The standard InChI is InChI=1S/C18H17N3O4S/c1-4-7-26-18-20-16-15(17(23)21-18)12(9-14(22)19-16)11-8-10(24-2)5-6-13(11)25-3/h1,5-6,8,12H,7,9H2,2-3H3,(H2,19,20,21,22,23)/t12-/m0/s1. The van der Waals surface area contributed by atoms with Crippen LogP contribution in [0.4, 0.5) is 5.82 Å². The zero-order chi connectivity index (χ0) is 18.7. The molecule has 1 aliphatic heterocycles. The summed E-state index contributed by atoms with van der Waals surface area (Å²) in [5, 5.41) is 3.04. The number of aromatic nitrogens is 2. The van der Waals surface area contributed by atoms with Gasteiger partial charge < -0.3 is 19.8 Å². The van der Waals surface area contributed by atoms with Gasteiger partial charge in [-0.15, -0.1) is 6.42 Å². The fourth-order valence-electron chi connectivity index (χ4n) is 2.91. The molecule has 1 atom stereocenters. The third kappa shape index (κ3) is 3.39. The minimum Gasteiger partial charge on any atom is -0.497 e. The highest BCUT2D eigenvalue weighted by Crippen LogP contribution is 2.40. The zero-order valence-corrected chi connectivity index (χ0v) is 15.1. The number of hydrogen-bond acceptors (Lipinski definition) is 6. The number of hydrogen-bond donors (Lipinski definition) is 2. The van der Waals surface area contributed by atoms with E-state index in [1.54, 1.807) is 25.3 Å². The SMILES string of the molecule is C#CCSc1nc2c(c(=O)[nH]1)[C@H](c1cc(OC)ccc1OC)CC(=O)N2. The van der Waals surface area contributed by atoms with Gasteiger partial charge in [0.15, 0.2) is 5.16 Å². The minimum absolute atomic E-state index is 0.109. The highest BCUT2D eigenvalue weighted by Gasteiger charge is 2.33. The highest BCUT2D eigenvalue weighted by molar-refractivity contribution is 7.99. The summed E-state index contributed by atoms with van der Waals surface area (Å²) in [6.07, 6.45) is 5.35. The van der Waals surface area contributed by atoms with E-state index in [9.17, 15) is 9.59 Å². The van der Waals surface area contributed by atoms with E-state index in [4.69, 9.17) is 15.9 Å². The molecule has 2 aromatic rings. The number of H-pyrrole nitrogens is 1. The Balaban J connectivity index is 2.14. The predicted molar refractivity (Wildman–Crippen MR) is 99.1 cm³/mol. The number of amides is 1. The van der Waals surface area contributed by atoms with Crippen LogP contribution in [-0.4, -0.2) is 35.8 Å². The van der Waals surface area contributed by atoms with Crippen LogP contribution in [0.15, 0.2) is 28.2 Å². The molecule has 0 aliphatic carbocycles. The molecular formula is C18H17N3O4S. The van der Waals surface area contributed by atoms with Gasteiger partial charge in [-0.3, -0.25) is 9.59 Å². The first-order chi connectivity index (χ1) is 12.6. The van der Waals surface area contributed by atoms with Crippen LogP contribution in [0.3, 0.4) is 0 Å². The van der Waals surface area contributed by atoms with Gasteiger partial charge in [0.25, 0.3) is 5.56 Å². The Hall–Kier alpha value is -2.92. The van der Waals surface area contributed by atoms with Crippen molar-refractivity contribution in [1.29, 1.82) is 0 Å². The molecule has 3 rings (SSSR count). The van der Waals surface area contributed by atoms with E-state index < -0.39 is 5.92 Å². The molecule has 0 unspecified atom stereocenters. The van der Waals surface area contributed by atoms with Gasteiger partial charge in [0.1, 0.15) is 17.3 Å². The summed E-state index contributed by atoms with van der Waals surface area (Å²) in [4.78, 5) is 32.0. The van der Waals surface area contributed by atoms with Crippen LogP contribution < -0.4 is 20.3 Å². The van der Waals surface area contributed by atoms with Crippen molar-refractivity contribution in [2.45, 2.75) is 17.5 Å². The molecule has 1 aliphatic rings. The lowest BCUT2D eigenvalue weighted by atomic mass is 9.86. The number of rotatable bonds is 5. The zero-order valence-electron chi connectivity index (χ0n) is 14.3. The average molecular weight is 371 g/mol. The fourth-order valence-corrected chi connectivity index (χ4v) is 3.45. The number of anilines is 1. The first-order valence-corrected chi connectivity index (χ1v) is 8.78. The van der Waals surface area contributed by atoms with Gasteiger partial charge in [-0.25, -0.2) is 4.98 Å². The number of carbonyl (C=O) groups is 1. The molecule has 1 aromatic heterocycles. The number of fused-ring (bicyclic) bond motifs is 1. The number of carbonyl (C=O) groups excluding carboxylic acids is 1. The first-order valence-electron chi connectivity index (χ1n) is 7.79. The largest absolute Gasteiger partial charge is 0.497 e. The lowest BCUT2D eigenvalue weighted by Gasteiger charge is -2.26. The van der Waals surface area contributed by atoms with Crippen molar-refractivity contribution in [3.63, 3.8) is 0 Å². The number of benzene rings is 1. The van der Waals surface area contributed by atoms with E-state index in [2.05, 4.69) is 21.2 Å². The molecule has 134 valence electrons. The summed E-state index contributed by atoms with van der Waals surface area (Å²) in [5.74, 6) is 3.55. The molecule has 26 heavy (non-hydrogen) atoms. The molecule has 7 nitrogen and oxygen atoms in total. The maximum atomic E-state index is 12.7. The topological polar surface area (TPSA) is 93.3 Å². The van der Waals surface area contributed by atoms with Gasteiger partial charge in [0.2, 0.25) is 5.91 Å². The summed E-state index contributed by atoms with van der Waals surface area (Å²) in [7, 11) is 3.09. The van der Waals surface area contributed by atoms with Crippen LogP contribution in [0.5, 0.6) is 11.5 Å². The number of thioether (sulfide) groups is 1. The van der Waals surface area contributed by atoms with Crippen molar-refractivity contribution >= 4 is 23.5 Å². The van der Waals surface area contributed by atoms with Crippen LogP contribution in [0, 0.1) is 12.3 Å². The number of methoxy groups -OCH3 is 2. The number of nitrogens with zero attached hydrogens (tertiary/aromatic N) is 1. The number of ether oxygens (including phenoxy) is 2. The molecule has 0 bridgehead atoms. The van der Waals surface area contributed by atoms with Crippen molar-refractivity contribution < 1.29 is 14.3 Å². The lowest BCUT2D eigenvalue weighted by molar-refractivity contribution is -0.116. The van der Waals surface area contributed by atoms with Crippen LogP contribution in [0.1, 0.15) is 23.5 Å². The van der Waals surface area contributed by atoms with Crippen molar-refractivity contribution in [2.75, 3.05) is 25.3 Å². The Morgan fingerprint density at radius 1 is 1.35 bits per heavy atom. The van der Waals surface area contributed by atoms with E-state index in [0.29, 0.717) is 33.5 Å². The Kier molecular flexibility index (Phi) is 5.19. The molecule has 2 heterocycles. The predicted octanol–water partition coefficient (Wildman–Crippen LogP) is 1.99. The Morgan fingerprint density at radius 2 is 2.15 bits per heavy atom. The fraction of sp³-hybridized carbons (Fsp3) is 0.278. The van der Waals surface area contributed by atoms with E-state index in [1.165, 1.54) is 18.9 Å². The lowest BCUT2D eigenvalue weighted by Crippen LogP contribution is -2.31. The van der Waals surface area contributed by atoms with E-state index in [-0.39, 0.29) is 23.7 Å². The third-order valence-corrected chi connectivity index (χ3v) is 4.81. The quantitative estimate of drug-likeness (QED) is 0.474. The summed E-state index contributed by atoms with van der Waals surface area (Å²) >= 11 is 1.22. The Bertz CT molecular complexity index is 948. The van der Waals surface area contributed by atoms with E-state index >= 15 is 0 Å². The van der Waals surface area contributed by atoms with E-state index in [1.807, 2.05) is 0 Å². The highest BCUT2D eigenvalue weighted by atomic mass is 32.2. The van der Waals surface area contributed by atoms with Crippen molar-refractivity contribution in [3.8, 4) is 23.8 Å². The van der Waals surface area contributed by atoms with Crippen molar-refractivity contribution in [1.82, 2.24) is 9.97 Å². The van der Waals surface area contributed by atoms with Gasteiger partial charge in [-0.2, -0.15) is 0 Å². The van der Waals surface area contributed by atoms with Gasteiger partial charge in [0.05, 0.1) is 25.5 Å². The van der Waals surface area contributed by atoms with Crippen LogP contribution >= 0.6 is 11.8 Å². The monoisotopic (exact) mass is 371 g/mol. The summed E-state index contributed by atoms with van der Waals surface area (Å²) < 4.78 is 10.7. The van der Waals surface area contributed by atoms with Gasteiger partial charge in [0, 0.05) is 17.9 Å². The smallest absolute Gasteiger partial charge is 0.257 e. The molecule has 0 saturated carbocycles.